The van der Waals surface area contributed by atoms with Crippen molar-refractivity contribution in [2.24, 2.45) is 0 Å². The van der Waals surface area contributed by atoms with E-state index in [0.29, 0.717) is 16.1 Å². The number of hydrogen-bond acceptors (Lipinski definition) is 4. The first-order valence-electron chi connectivity index (χ1n) is 5.21. The van der Waals surface area contributed by atoms with E-state index in [1.165, 1.54) is 23.9 Å². The van der Waals surface area contributed by atoms with Crippen LogP contribution in [0.1, 0.15) is 5.56 Å². The van der Waals surface area contributed by atoms with E-state index < -0.39 is 0 Å². The number of rotatable bonds is 3. The number of benzene rings is 1. The standard InChI is InChI=1S/C12H11ClFN3S/c1-7-10(13)16-12(18-2)17-11(7)15-9-5-3-8(14)4-6-9/h3-6H,1-2H3,(H,15,16,17). The summed E-state index contributed by atoms with van der Waals surface area (Å²) < 4.78 is 12.8. The zero-order valence-corrected chi connectivity index (χ0v) is 11.4. The van der Waals surface area contributed by atoms with Gasteiger partial charge in [0.05, 0.1) is 0 Å². The first-order chi connectivity index (χ1) is 8.60. The van der Waals surface area contributed by atoms with Crippen molar-refractivity contribution in [3.8, 4) is 0 Å². The van der Waals surface area contributed by atoms with E-state index in [9.17, 15) is 4.39 Å². The second kappa shape index (κ2) is 5.54. The van der Waals surface area contributed by atoms with E-state index in [1.54, 1.807) is 12.1 Å². The molecule has 2 rings (SSSR count). The average molecular weight is 284 g/mol. The van der Waals surface area contributed by atoms with Crippen molar-refractivity contribution in [3.63, 3.8) is 0 Å². The lowest BCUT2D eigenvalue weighted by Crippen LogP contribution is -2.00. The summed E-state index contributed by atoms with van der Waals surface area (Å²) in [6.45, 7) is 1.83. The molecule has 94 valence electrons. The Morgan fingerprint density at radius 3 is 2.50 bits per heavy atom. The van der Waals surface area contributed by atoms with Crippen LogP contribution in [0.5, 0.6) is 0 Å². The predicted octanol–water partition coefficient (Wildman–Crippen LogP) is 4.04. The summed E-state index contributed by atoms with van der Waals surface area (Å²) in [5.74, 6) is 0.355. The van der Waals surface area contributed by atoms with E-state index in [1.807, 2.05) is 13.2 Å². The van der Waals surface area contributed by atoms with Gasteiger partial charge in [-0.05, 0) is 37.4 Å². The van der Waals surface area contributed by atoms with Crippen molar-refractivity contribution in [2.75, 3.05) is 11.6 Å². The minimum absolute atomic E-state index is 0.275. The van der Waals surface area contributed by atoms with Crippen LogP contribution in [0.4, 0.5) is 15.9 Å². The zero-order valence-electron chi connectivity index (χ0n) is 9.87. The second-order valence-corrected chi connectivity index (χ2v) is 4.74. The van der Waals surface area contributed by atoms with Crippen LogP contribution in [0, 0.1) is 12.7 Å². The van der Waals surface area contributed by atoms with Gasteiger partial charge in [-0.1, -0.05) is 23.4 Å². The second-order valence-electron chi connectivity index (χ2n) is 3.61. The molecule has 0 aliphatic rings. The van der Waals surface area contributed by atoms with Gasteiger partial charge < -0.3 is 5.32 Å². The van der Waals surface area contributed by atoms with E-state index in [-0.39, 0.29) is 5.82 Å². The molecule has 0 spiro atoms. The molecule has 2 aromatic rings. The van der Waals surface area contributed by atoms with Gasteiger partial charge in [-0.15, -0.1) is 0 Å². The van der Waals surface area contributed by atoms with Gasteiger partial charge in [0.2, 0.25) is 0 Å². The largest absolute Gasteiger partial charge is 0.340 e. The van der Waals surface area contributed by atoms with E-state index in [4.69, 9.17) is 11.6 Å². The third-order valence-electron chi connectivity index (χ3n) is 2.36. The summed E-state index contributed by atoms with van der Waals surface area (Å²) in [6.07, 6.45) is 1.88. The zero-order chi connectivity index (χ0) is 13.1. The number of hydrogen-bond donors (Lipinski definition) is 1. The highest BCUT2D eigenvalue weighted by atomic mass is 35.5. The third-order valence-corrected chi connectivity index (χ3v) is 3.27. The van der Waals surface area contributed by atoms with Crippen LogP contribution >= 0.6 is 23.4 Å². The Hall–Kier alpha value is -1.33. The van der Waals surface area contributed by atoms with Crippen LogP contribution in [0.25, 0.3) is 0 Å². The summed E-state index contributed by atoms with van der Waals surface area (Å²) in [4.78, 5) is 8.46. The molecule has 0 aliphatic carbocycles. The van der Waals surface area contributed by atoms with Crippen molar-refractivity contribution in [2.45, 2.75) is 12.1 Å². The fourth-order valence-corrected chi connectivity index (χ4v) is 1.94. The van der Waals surface area contributed by atoms with Crippen molar-refractivity contribution in [3.05, 3.63) is 40.8 Å². The first kappa shape index (κ1) is 13.1. The lowest BCUT2D eigenvalue weighted by atomic mass is 10.3. The molecule has 0 saturated heterocycles. The Kier molecular flexibility index (Phi) is 4.04. The monoisotopic (exact) mass is 283 g/mol. The highest BCUT2D eigenvalue weighted by Gasteiger charge is 2.09. The average Bonchev–Trinajstić information content (AvgIpc) is 2.37. The molecule has 1 N–H and O–H groups in total. The van der Waals surface area contributed by atoms with Crippen molar-refractivity contribution in [1.82, 2.24) is 9.97 Å². The number of thioether (sulfide) groups is 1. The molecular formula is C12H11ClFN3S. The van der Waals surface area contributed by atoms with Crippen LogP contribution in [-0.4, -0.2) is 16.2 Å². The Balaban J connectivity index is 2.33. The molecule has 18 heavy (non-hydrogen) atoms. The molecule has 0 aliphatic heterocycles. The van der Waals surface area contributed by atoms with E-state index >= 15 is 0 Å². The lowest BCUT2D eigenvalue weighted by molar-refractivity contribution is 0.628. The normalized spacial score (nSPS) is 10.4. The van der Waals surface area contributed by atoms with Crippen LogP contribution in [0.15, 0.2) is 29.4 Å². The molecule has 3 nitrogen and oxygen atoms in total. The molecule has 0 atom stereocenters. The van der Waals surface area contributed by atoms with E-state index in [0.717, 1.165) is 11.3 Å². The topological polar surface area (TPSA) is 37.8 Å². The Morgan fingerprint density at radius 2 is 1.89 bits per heavy atom. The van der Waals surface area contributed by atoms with Gasteiger partial charge in [-0.25, -0.2) is 14.4 Å². The summed E-state index contributed by atoms with van der Waals surface area (Å²) in [5, 5.41) is 4.11. The third kappa shape index (κ3) is 2.91. The van der Waals surface area contributed by atoms with Gasteiger partial charge in [0.15, 0.2) is 5.16 Å². The van der Waals surface area contributed by atoms with Crippen molar-refractivity contribution in [1.29, 1.82) is 0 Å². The highest BCUT2D eigenvalue weighted by molar-refractivity contribution is 7.98. The molecule has 0 bridgehead atoms. The maximum atomic E-state index is 12.8. The highest BCUT2D eigenvalue weighted by Crippen LogP contribution is 2.25. The number of anilines is 2. The number of nitrogens with zero attached hydrogens (tertiary/aromatic N) is 2. The molecule has 0 unspecified atom stereocenters. The van der Waals surface area contributed by atoms with Crippen LogP contribution < -0.4 is 5.32 Å². The Labute approximate surface area is 114 Å². The van der Waals surface area contributed by atoms with E-state index in [2.05, 4.69) is 15.3 Å². The van der Waals surface area contributed by atoms with Gasteiger partial charge in [-0.3, -0.25) is 0 Å². The maximum Gasteiger partial charge on any atom is 0.190 e. The van der Waals surface area contributed by atoms with Gasteiger partial charge in [-0.2, -0.15) is 0 Å². The summed E-state index contributed by atoms with van der Waals surface area (Å²) in [7, 11) is 0. The minimum atomic E-state index is -0.275. The first-order valence-corrected chi connectivity index (χ1v) is 6.81. The van der Waals surface area contributed by atoms with Crippen LogP contribution in [0.3, 0.4) is 0 Å². The molecule has 0 fully saturated rings. The quantitative estimate of drug-likeness (QED) is 0.524. The molecule has 6 heteroatoms. The lowest BCUT2D eigenvalue weighted by Gasteiger charge is -2.10. The molecule has 0 radical (unpaired) electrons. The van der Waals surface area contributed by atoms with Crippen LogP contribution in [0.2, 0.25) is 5.15 Å². The fourth-order valence-electron chi connectivity index (χ4n) is 1.35. The van der Waals surface area contributed by atoms with Crippen molar-refractivity contribution >= 4 is 34.9 Å². The number of nitrogens with one attached hydrogen (secondary N) is 1. The summed E-state index contributed by atoms with van der Waals surface area (Å²) >= 11 is 7.44. The minimum Gasteiger partial charge on any atom is -0.340 e. The summed E-state index contributed by atoms with van der Waals surface area (Å²) in [5.41, 5.74) is 1.51. The Morgan fingerprint density at radius 1 is 1.22 bits per heavy atom. The smallest absolute Gasteiger partial charge is 0.190 e. The number of aromatic nitrogens is 2. The van der Waals surface area contributed by atoms with Gasteiger partial charge >= 0.3 is 0 Å². The predicted molar refractivity (Wildman–Crippen MR) is 73.2 cm³/mol. The summed E-state index contributed by atoms with van der Waals surface area (Å²) in [6, 6.07) is 6.05. The fraction of sp³-hybridized carbons (Fsp3) is 0.167. The molecule has 0 saturated carbocycles. The number of halogens is 2. The molecule has 1 heterocycles. The van der Waals surface area contributed by atoms with Gasteiger partial charge in [0.1, 0.15) is 16.8 Å². The van der Waals surface area contributed by atoms with Gasteiger partial charge in [0.25, 0.3) is 0 Å². The van der Waals surface area contributed by atoms with Gasteiger partial charge in [0, 0.05) is 11.3 Å². The Bertz CT molecular complexity index is 560. The molecule has 1 aromatic carbocycles. The molecule has 1 aromatic heterocycles. The maximum absolute atomic E-state index is 12.8. The SMILES string of the molecule is CSc1nc(Cl)c(C)c(Nc2ccc(F)cc2)n1. The van der Waals surface area contributed by atoms with Crippen LogP contribution in [-0.2, 0) is 0 Å². The van der Waals surface area contributed by atoms with Crippen molar-refractivity contribution < 1.29 is 4.39 Å². The molecule has 0 amide bonds. The molecular weight excluding hydrogens is 273 g/mol.